The molecule has 2 rings (SSSR count). The van der Waals surface area contributed by atoms with Crippen LogP contribution < -0.4 is 11.0 Å². The standard InChI is InChI=1S/C12H14ClN3O/c1-15-8-9-16(12(15)17)7-6-14-11-4-2-10(13)3-5-11/h2-5,8-9,14H,6-7H2,1H3. The Bertz CT molecular complexity index is 542. The molecule has 0 radical (unpaired) electrons. The summed E-state index contributed by atoms with van der Waals surface area (Å²) in [6.07, 6.45) is 3.54. The second-order valence-corrected chi connectivity index (χ2v) is 4.26. The topological polar surface area (TPSA) is 39.0 Å². The lowest BCUT2D eigenvalue weighted by atomic mass is 10.3. The first-order valence-electron chi connectivity index (χ1n) is 5.38. The molecule has 0 aliphatic rings. The van der Waals surface area contributed by atoms with Crippen LogP contribution in [0.25, 0.3) is 0 Å². The van der Waals surface area contributed by atoms with E-state index in [4.69, 9.17) is 11.6 Å². The van der Waals surface area contributed by atoms with Gasteiger partial charge in [0.05, 0.1) is 0 Å². The summed E-state index contributed by atoms with van der Waals surface area (Å²) in [7, 11) is 1.74. The molecule has 0 fully saturated rings. The molecule has 0 saturated heterocycles. The predicted molar refractivity (Wildman–Crippen MR) is 69.6 cm³/mol. The lowest BCUT2D eigenvalue weighted by molar-refractivity contribution is 0.672. The van der Waals surface area contributed by atoms with Crippen LogP contribution in [0.2, 0.25) is 5.02 Å². The summed E-state index contributed by atoms with van der Waals surface area (Å²) in [5.41, 5.74) is 1.00. The van der Waals surface area contributed by atoms with Crippen molar-refractivity contribution in [3.63, 3.8) is 0 Å². The first-order chi connectivity index (χ1) is 8.16. The van der Waals surface area contributed by atoms with Gasteiger partial charge in [-0.15, -0.1) is 0 Å². The van der Waals surface area contributed by atoms with Crippen molar-refractivity contribution in [2.45, 2.75) is 6.54 Å². The monoisotopic (exact) mass is 251 g/mol. The molecule has 4 nitrogen and oxygen atoms in total. The van der Waals surface area contributed by atoms with E-state index in [-0.39, 0.29) is 5.69 Å². The third-order valence-electron chi connectivity index (χ3n) is 2.54. The molecule has 0 aliphatic carbocycles. The molecule has 0 bridgehead atoms. The second kappa shape index (κ2) is 5.10. The van der Waals surface area contributed by atoms with E-state index in [1.54, 1.807) is 28.6 Å². The first-order valence-corrected chi connectivity index (χ1v) is 5.76. The molecule has 0 saturated carbocycles. The van der Waals surface area contributed by atoms with Crippen molar-refractivity contribution in [2.75, 3.05) is 11.9 Å². The van der Waals surface area contributed by atoms with Gasteiger partial charge in [-0.25, -0.2) is 4.79 Å². The Morgan fingerprint density at radius 3 is 2.53 bits per heavy atom. The average molecular weight is 252 g/mol. The number of nitrogens with zero attached hydrogens (tertiary/aromatic N) is 2. The van der Waals surface area contributed by atoms with Crippen LogP contribution in [0.5, 0.6) is 0 Å². The molecule has 5 heteroatoms. The SMILES string of the molecule is Cn1ccn(CCNc2ccc(Cl)cc2)c1=O. The molecule has 2 aromatic rings. The fraction of sp³-hybridized carbons (Fsp3) is 0.250. The number of nitrogens with one attached hydrogen (secondary N) is 1. The highest BCUT2D eigenvalue weighted by Crippen LogP contribution is 2.12. The van der Waals surface area contributed by atoms with Gasteiger partial charge in [-0.05, 0) is 24.3 Å². The van der Waals surface area contributed by atoms with E-state index in [9.17, 15) is 4.79 Å². The summed E-state index contributed by atoms with van der Waals surface area (Å²) in [6, 6.07) is 7.49. The minimum Gasteiger partial charge on any atom is -0.383 e. The van der Waals surface area contributed by atoms with Crippen molar-refractivity contribution in [2.24, 2.45) is 7.05 Å². The minimum atomic E-state index is 0.00269. The van der Waals surface area contributed by atoms with Crippen molar-refractivity contribution >= 4 is 17.3 Å². The minimum absolute atomic E-state index is 0.00269. The van der Waals surface area contributed by atoms with Crippen LogP contribution in [0.15, 0.2) is 41.5 Å². The van der Waals surface area contributed by atoms with Gasteiger partial charge in [-0.3, -0.25) is 4.57 Å². The van der Waals surface area contributed by atoms with E-state index in [1.165, 1.54) is 0 Å². The van der Waals surface area contributed by atoms with Crippen molar-refractivity contribution in [3.8, 4) is 0 Å². The number of imidazole rings is 1. The number of anilines is 1. The van der Waals surface area contributed by atoms with Crippen molar-refractivity contribution in [1.29, 1.82) is 0 Å². The molecule has 0 unspecified atom stereocenters. The number of rotatable bonds is 4. The molecule has 17 heavy (non-hydrogen) atoms. The second-order valence-electron chi connectivity index (χ2n) is 3.82. The zero-order chi connectivity index (χ0) is 12.3. The number of halogens is 1. The number of aryl methyl sites for hydroxylation is 1. The normalized spacial score (nSPS) is 10.5. The summed E-state index contributed by atoms with van der Waals surface area (Å²) in [5, 5.41) is 3.95. The van der Waals surface area contributed by atoms with Gasteiger partial charge in [0.25, 0.3) is 0 Å². The molecule has 1 heterocycles. The quantitative estimate of drug-likeness (QED) is 0.902. The van der Waals surface area contributed by atoms with Gasteiger partial charge in [-0.2, -0.15) is 0 Å². The van der Waals surface area contributed by atoms with Crippen LogP contribution in [-0.4, -0.2) is 15.7 Å². The molecule has 1 aromatic heterocycles. The van der Waals surface area contributed by atoms with Gasteiger partial charge >= 0.3 is 5.69 Å². The molecule has 0 aliphatic heterocycles. The number of aromatic nitrogens is 2. The summed E-state index contributed by atoms with van der Waals surface area (Å²) < 4.78 is 3.23. The highest BCUT2D eigenvalue weighted by Gasteiger charge is 1.98. The zero-order valence-electron chi connectivity index (χ0n) is 9.56. The molecule has 0 atom stereocenters. The molecule has 90 valence electrons. The van der Waals surface area contributed by atoms with Crippen LogP contribution in [-0.2, 0) is 13.6 Å². The predicted octanol–water partition coefficient (Wildman–Crippen LogP) is 1.95. The molecule has 1 aromatic carbocycles. The Morgan fingerprint density at radius 2 is 1.94 bits per heavy atom. The molecule has 1 N–H and O–H groups in total. The van der Waals surface area contributed by atoms with E-state index in [2.05, 4.69) is 5.32 Å². The van der Waals surface area contributed by atoms with Crippen molar-refractivity contribution < 1.29 is 0 Å². The van der Waals surface area contributed by atoms with Gasteiger partial charge in [0.15, 0.2) is 0 Å². The first kappa shape index (κ1) is 11.8. The smallest absolute Gasteiger partial charge is 0.327 e. The third-order valence-corrected chi connectivity index (χ3v) is 2.80. The molecule has 0 amide bonds. The highest BCUT2D eigenvalue weighted by atomic mass is 35.5. The van der Waals surface area contributed by atoms with Crippen LogP contribution in [0.4, 0.5) is 5.69 Å². The Hall–Kier alpha value is -1.68. The summed E-state index contributed by atoms with van der Waals surface area (Å²) in [6.45, 7) is 1.34. The van der Waals surface area contributed by atoms with Crippen LogP contribution >= 0.6 is 11.6 Å². The van der Waals surface area contributed by atoms with E-state index < -0.39 is 0 Å². The van der Waals surface area contributed by atoms with Gasteiger partial charge in [0.1, 0.15) is 0 Å². The van der Waals surface area contributed by atoms with Crippen LogP contribution in [0, 0.1) is 0 Å². The lowest BCUT2D eigenvalue weighted by Gasteiger charge is -2.06. The highest BCUT2D eigenvalue weighted by molar-refractivity contribution is 6.30. The summed E-state index contributed by atoms with van der Waals surface area (Å²) in [5.74, 6) is 0. The zero-order valence-corrected chi connectivity index (χ0v) is 10.3. The Labute approximate surface area is 104 Å². The van der Waals surface area contributed by atoms with E-state index in [1.807, 2.05) is 24.3 Å². The Morgan fingerprint density at radius 1 is 1.24 bits per heavy atom. The lowest BCUT2D eigenvalue weighted by Crippen LogP contribution is -2.24. The van der Waals surface area contributed by atoms with Crippen molar-refractivity contribution in [3.05, 3.63) is 52.2 Å². The fourth-order valence-corrected chi connectivity index (χ4v) is 1.70. The number of hydrogen-bond acceptors (Lipinski definition) is 2. The maximum absolute atomic E-state index is 11.5. The summed E-state index contributed by atoms with van der Waals surface area (Å²) >= 11 is 5.79. The van der Waals surface area contributed by atoms with E-state index in [0.29, 0.717) is 13.1 Å². The average Bonchev–Trinajstić information content (AvgIpc) is 2.64. The van der Waals surface area contributed by atoms with Gasteiger partial charge in [-0.1, -0.05) is 11.6 Å². The largest absolute Gasteiger partial charge is 0.383 e. The summed E-state index contributed by atoms with van der Waals surface area (Å²) in [4.78, 5) is 11.5. The van der Waals surface area contributed by atoms with Crippen LogP contribution in [0.3, 0.4) is 0 Å². The van der Waals surface area contributed by atoms with Gasteiger partial charge in [0, 0.05) is 43.2 Å². The molecule has 0 spiro atoms. The van der Waals surface area contributed by atoms with Gasteiger partial charge < -0.3 is 9.88 Å². The van der Waals surface area contributed by atoms with Gasteiger partial charge in [0.2, 0.25) is 0 Å². The fourth-order valence-electron chi connectivity index (χ4n) is 1.57. The van der Waals surface area contributed by atoms with E-state index >= 15 is 0 Å². The molecular formula is C12H14ClN3O. The molecular weight excluding hydrogens is 238 g/mol. The number of hydrogen-bond donors (Lipinski definition) is 1. The maximum Gasteiger partial charge on any atom is 0.327 e. The van der Waals surface area contributed by atoms with Crippen molar-refractivity contribution in [1.82, 2.24) is 9.13 Å². The Balaban J connectivity index is 1.90. The maximum atomic E-state index is 11.5. The number of benzene rings is 1. The van der Waals surface area contributed by atoms with E-state index in [0.717, 1.165) is 10.7 Å². The Kier molecular flexibility index (Phi) is 3.54. The van der Waals surface area contributed by atoms with Crippen LogP contribution in [0.1, 0.15) is 0 Å². The third kappa shape index (κ3) is 2.91.